The Morgan fingerprint density at radius 3 is 2.04 bits per heavy atom. The molecule has 0 radical (unpaired) electrons. The number of aromatic hydroxyl groups is 1. The van der Waals surface area contributed by atoms with Crippen LogP contribution >= 0.6 is 0 Å². The van der Waals surface area contributed by atoms with Crippen molar-refractivity contribution in [1.82, 2.24) is 0 Å². The van der Waals surface area contributed by atoms with Crippen LogP contribution in [0.15, 0.2) is 52.6 Å². The number of methoxy groups -OCH3 is 1. The Balaban J connectivity index is 2.35. The van der Waals surface area contributed by atoms with E-state index in [9.17, 15) is 5.11 Å². The first-order chi connectivity index (χ1) is 13.2. The molecule has 0 bridgehead atoms. The van der Waals surface area contributed by atoms with Crippen molar-refractivity contribution in [1.29, 1.82) is 0 Å². The summed E-state index contributed by atoms with van der Waals surface area (Å²) in [6.07, 6.45) is 0. The fourth-order valence-corrected chi connectivity index (χ4v) is 4.49. The minimum atomic E-state index is 0.175. The zero-order valence-electron chi connectivity index (χ0n) is 18.4. The van der Waals surface area contributed by atoms with Crippen molar-refractivity contribution in [3.63, 3.8) is 0 Å². The van der Waals surface area contributed by atoms with E-state index < -0.39 is 0 Å². The van der Waals surface area contributed by atoms with Crippen LogP contribution in [0.1, 0.15) is 70.1 Å². The van der Waals surface area contributed by atoms with E-state index >= 15 is 0 Å². The Morgan fingerprint density at radius 1 is 0.893 bits per heavy atom. The Kier molecular flexibility index (Phi) is 5.43. The zero-order valence-corrected chi connectivity index (χ0v) is 18.4. The van der Waals surface area contributed by atoms with Gasteiger partial charge in [0.15, 0.2) is 0 Å². The van der Waals surface area contributed by atoms with Gasteiger partial charge in [-0.05, 0) is 80.5 Å². The molecule has 0 aromatic heterocycles. The molecule has 2 heteroatoms. The molecule has 0 saturated heterocycles. The molecule has 0 amide bonds. The molecule has 2 nitrogen and oxygen atoms in total. The number of hydrogen-bond acceptors (Lipinski definition) is 2. The van der Waals surface area contributed by atoms with Crippen molar-refractivity contribution in [3.8, 4) is 22.6 Å². The SMILES string of the molecule is COc1cccc(-c2cc(C)cc(C(C)C)c2O)c1C1C(C)=C(C)C(C)=C1C. The topological polar surface area (TPSA) is 29.5 Å². The Hall–Kier alpha value is -2.48. The largest absolute Gasteiger partial charge is 0.507 e. The second-order valence-electron chi connectivity index (χ2n) is 8.38. The average molecular weight is 377 g/mol. The number of ether oxygens (including phenoxy) is 1. The summed E-state index contributed by atoms with van der Waals surface area (Å²) in [5.41, 5.74) is 10.7. The maximum atomic E-state index is 11.1. The first-order valence-corrected chi connectivity index (χ1v) is 10.0. The number of benzene rings is 2. The number of allylic oxidation sites excluding steroid dienone is 4. The lowest BCUT2D eigenvalue weighted by atomic mass is 9.82. The van der Waals surface area contributed by atoms with E-state index in [-0.39, 0.29) is 11.8 Å². The highest BCUT2D eigenvalue weighted by Gasteiger charge is 2.31. The highest BCUT2D eigenvalue weighted by molar-refractivity contribution is 5.80. The minimum Gasteiger partial charge on any atom is -0.507 e. The molecule has 0 aliphatic heterocycles. The van der Waals surface area contributed by atoms with Gasteiger partial charge in [-0.3, -0.25) is 0 Å². The molecule has 0 spiro atoms. The van der Waals surface area contributed by atoms with Gasteiger partial charge in [0.25, 0.3) is 0 Å². The van der Waals surface area contributed by atoms with Gasteiger partial charge in [0.2, 0.25) is 0 Å². The molecular formula is C26H32O2. The first kappa shape index (κ1) is 20.3. The maximum Gasteiger partial charge on any atom is 0.126 e. The number of phenolic OH excluding ortho intramolecular Hbond substituents is 1. The third-order valence-corrected chi connectivity index (χ3v) is 6.38. The van der Waals surface area contributed by atoms with Gasteiger partial charge in [-0.15, -0.1) is 0 Å². The van der Waals surface area contributed by atoms with Crippen molar-refractivity contribution in [2.45, 2.75) is 60.3 Å². The quantitative estimate of drug-likeness (QED) is 0.608. The van der Waals surface area contributed by atoms with Gasteiger partial charge in [-0.1, -0.05) is 43.2 Å². The number of phenols is 1. The van der Waals surface area contributed by atoms with Crippen LogP contribution in [0.25, 0.3) is 11.1 Å². The summed E-state index contributed by atoms with van der Waals surface area (Å²) in [4.78, 5) is 0. The van der Waals surface area contributed by atoms with Gasteiger partial charge in [-0.25, -0.2) is 0 Å². The lowest BCUT2D eigenvalue weighted by Crippen LogP contribution is -2.05. The lowest BCUT2D eigenvalue weighted by Gasteiger charge is -2.24. The summed E-state index contributed by atoms with van der Waals surface area (Å²) in [6.45, 7) is 15.2. The number of hydrogen-bond donors (Lipinski definition) is 1. The van der Waals surface area contributed by atoms with E-state index in [1.54, 1.807) is 7.11 Å². The van der Waals surface area contributed by atoms with E-state index in [1.165, 1.54) is 22.3 Å². The first-order valence-electron chi connectivity index (χ1n) is 10.0. The molecule has 2 aromatic carbocycles. The van der Waals surface area contributed by atoms with E-state index in [0.29, 0.717) is 5.75 Å². The molecule has 148 valence electrons. The van der Waals surface area contributed by atoms with E-state index in [2.05, 4.69) is 66.7 Å². The van der Waals surface area contributed by atoms with Crippen LogP contribution in [0, 0.1) is 6.92 Å². The highest BCUT2D eigenvalue weighted by atomic mass is 16.5. The molecule has 1 aliphatic rings. The van der Waals surface area contributed by atoms with Crippen molar-refractivity contribution >= 4 is 0 Å². The molecule has 1 N–H and O–H groups in total. The predicted molar refractivity (Wildman–Crippen MR) is 118 cm³/mol. The molecule has 0 heterocycles. The average Bonchev–Trinajstić information content (AvgIpc) is 2.85. The molecule has 1 aliphatic carbocycles. The zero-order chi connectivity index (χ0) is 20.7. The second-order valence-corrected chi connectivity index (χ2v) is 8.38. The lowest BCUT2D eigenvalue weighted by molar-refractivity contribution is 0.409. The molecule has 3 rings (SSSR count). The van der Waals surface area contributed by atoms with E-state index in [1.807, 2.05) is 12.1 Å². The normalized spacial score (nSPS) is 15.2. The minimum absolute atomic E-state index is 0.175. The van der Waals surface area contributed by atoms with Gasteiger partial charge in [0, 0.05) is 17.0 Å². The van der Waals surface area contributed by atoms with Gasteiger partial charge in [0.1, 0.15) is 11.5 Å². The molecule has 0 fully saturated rings. The van der Waals surface area contributed by atoms with Crippen molar-refractivity contribution in [2.24, 2.45) is 0 Å². The van der Waals surface area contributed by atoms with E-state index in [0.717, 1.165) is 33.6 Å². The predicted octanol–water partition coefficient (Wildman–Crippen LogP) is 7.27. The number of aryl methyl sites for hydroxylation is 1. The van der Waals surface area contributed by atoms with Gasteiger partial charge >= 0.3 is 0 Å². The third-order valence-electron chi connectivity index (χ3n) is 6.38. The van der Waals surface area contributed by atoms with Crippen LogP contribution in [0.2, 0.25) is 0 Å². The summed E-state index contributed by atoms with van der Waals surface area (Å²) in [5.74, 6) is 1.68. The van der Waals surface area contributed by atoms with Crippen molar-refractivity contribution in [2.75, 3.05) is 7.11 Å². The summed E-state index contributed by atoms with van der Waals surface area (Å²) in [6, 6.07) is 10.3. The summed E-state index contributed by atoms with van der Waals surface area (Å²) < 4.78 is 5.81. The summed E-state index contributed by atoms with van der Waals surface area (Å²) in [5, 5.41) is 11.1. The summed E-state index contributed by atoms with van der Waals surface area (Å²) >= 11 is 0. The fraction of sp³-hybridized carbons (Fsp3) is 0.385. The molecule has 0 unspecified atom stereocenters. The fourth-order valence-electron chi connectivity index (χ4n) is 4.49. The third kappa shape index (κ3) is 3.15. The van der Waals surface area contributed by atoms with Crippen molar-refractivity contribution in [3.05, 3.63) is 69.3 Å². The Bertz CT molecular complexity index is 966. The van der Waals surface area contributed by atoms with Crippen LogP contribution in [0.4, 0.5) is 0 Å². The summed E-state index contributed by atoms with van der Waals surface area (Å²) in [7, 11) is 1.73. The molecule has 0 atom stereocenters. The Morgan fingerprint density at radius 2 is 1.50 bits per heavy atom. The van der Waals surface area contributed by atoms with Gasteiger partial charge < -0.3 is 9.84 Å². The van der Waals surface area contributed by atoms with Crippen LogP contribution in [0.5, 0.6) is 11.5 Å². The monoisotopic (exact) mass is 376 g/mol. The van der Waals surface area contributed by atoms with Crippen LogP contribution in [-0.2, 0) is 0 Å². The second kappa shape index (κ2) is 7.50. The van der Waals surface area contributed by atoms with Crippen LogP contribution in [-0.4, -0.2) is 12.2 Å². The molecule has 0 saturated carbocycles. The van der Waals surface area contributed by atoms with Gasteiger partial charge in [-0.2, -0.15) is 0 Å². The van der Waals surface area contributed by atoms with Crippen LogP contribution in [0.3, 0.4) is 0 Å². The standard InChI is InChI=1S/C26H32O2/c1-14(2)21-12-15(3)13-22(26(21)27)20-10-9-11-23(28-8)25(20)24-18(6)16(4)17(5)19(24)7/h9-14,24,27H,1-8H3. The van der Waals surface area contributed by atoms with Gasteiger partial charge in [0.05, 0.1) is 7.11 Å². The highest BCUT2D eigenvalue weighted by Crippen LogP contribution is 2.50. The Labute approximate surface area is 169 Å². The smallest absolute Gasteiger partial charge is 0.126 e. The van der Waals surface area contributed by atoms with E-state index in [4.69, 9.17) is 4.74 Å². The maximum absolute atomic E-state index is 11.1. The number of rotatable bonds is 4. The van der Waals surface area contributed by atoms with Crippen molar-refractivity contribution < 1.29 is 9.84 Å². The molecular weight excluding hydrogens is 344 g/mol. The molecule has 28 heavy (non-hydrogen) atoms. The molecule has 2 aromatic rings. The van der Waals surface area contributed by atoms with Crippen LogP contribution < -0.4 is 4.74 Å².